The van der Waals surface area contributed by atoms with Gasteiger partial charge in [-0.15, -0.1) is 0 Å². The fourth-order valence-electron chi connectivity index (χ4n) is 1.27. The summed E-state index contributed by atoms with van der Waals surface area (Å²) in [5.41, 5.74) is 0.572. The monoisotopic (exact) mass is 234 g/mol. The maximum Gasteiger partial charge on any atom is 0.196 e. The summed E-state index contributed by atoms with van der Waals surface area (Å²) in [7, 11) is -1.40. The number of H-pyrrole nitrogens is 1. The first-order valence-electron chi connectivity index (χ1n) is 4.73. The van der Waals surface area contributed by atoms with Crippen LogP contribution in [-0.4, -0.2) is 25.7 Å². The summed E-state index contributed by atoms with van der Waals surface area (Å²) in [4.78, 5) is 18.3. The highest BCUT2D eigenvalue weighted by atomic mass is 32.2. The van der Waals surface area contributed by atoms with Crippen molar-refractivity contribution < 1.29 is 9.00 Å². The lowest BCUT2D eigenvalue weighted by Gasteiger charge is -1.99. The maximum atomic E-state index is 11.7. The summed E-state index contributed by atoms with van der Waals surface area (Å²) in [5, 5.41) is 0.337. The zero-order valence-electron chi connectivity index (χ0n) is 8.42. The molecule has 0 aliphatic rings. The maximum absolute atomic E-state index is 11.7. The van der Waals surface area contributed by atoms with Crippen LogP contribution in [0.5, 0.6) is 0 Å². The molecule has 0 aliphatic heterocycles. The van der Waals surface area contributed by atoms with E-state index >= 15 is 0 Å². The quantitative estimate of drug-likeness (QED) is 0.813. The smallest absolute Gasteiger partial charge is 0.196 e. The van der Waals surface area contributed by atoms with Crippen LogP contribution in [0.1, 0.15) is 10.4 Å². The second-order valence-electron chi connectivity index (χ2n) is 3.17. The number of nitrogens with one attached hydrogen (secondary N) is 1. The second kappa shape index (κ2) is 4.85. The van der Waals surface area contributed by atoms with E-state index < -0.39 is 10.8 Å². The van der Waals surface area contributed by atoms with Crippen molar-refractivity contribution in [2.24, 2.45) is 0 Å². The average molecular weight is 234 g/mol. The van der Waals surface area contributed by atoms with Crippen LogP contribution in [0.25, 0.3) is 0 Å². The van der Waals surface area contributed by atoms with E-state index in [2.05, 4.69) is 9.97 Å². The summed E-state index contributed by atoms with van der Waals surface area (Å²) >= 11 is 0. The third kappa shape index (κ3) is 2.43. The molecule has 4 nitrogen and oxygen atoms in total. The third-order valence-corrected chi connectivity index (χ3v) is 3.23. The number of ketones is 1. The van der Waals surface area contributed by atoms with Crippen LogP contribution < -0.4 is 0 Å². The molecule has 0 spiro atoms. The number of aromatic nitrogens is 2. The number of imidazole rings is 1. The molecule has 2 rings (SSSR count). The van der Waals surface area contributed by atoms with Gasteiger partial charge >= 0.3 is 0 Å². The van der Waals surface area contributed by atoms with Gasteiger partial charge in [0.1, 0.15) is 0 Å². The number of benzene rings is 1. The van der Waals surface area contributed by atoms with Crippen molar-refractivity contribution in [2.45, 2.75) is 5.16 Å². The van der Waals surface area contributed by atoms with Gasteiger partial charge in [0.15, 0.2) is 10.9 Å². The Morgan fingerprint density at radius 3 is 2.69 bits per heavy atom. The Labute approximate surface area is 95.2 Å². The van der Waals surface area contributed by atoms with Crippen molar-refractivity contribution in [3.8, 4) is 0 Å². The molecule has 2 aromatic rings. The van der Waals surface area contributed by atoms with Gasteiger partial charge in [-0.05, 0) is 0 Å². The van der Waals surface area contributed by atoms with Crippen LogP contribution in [-0.2, 0) is 10.8 Å². The lowest BCUT2D eigenvalue weighted by Crippen LogP contribution is -2.11. The third-order valence-electron chi connectivity index (χ3n) is 2.05. The van der Waals surface area contributed by atoms with Crippen molar-refractivity contribution in [1.82, 2.24) is 9.97 Å². The molecule has 0 bridgehead atoms. The summed E-state index contributed by atoms with van der Waals surface area (Å²) in [6.07, 6.45) is 3.10. The van der Waals surface area contributed by atoms with Gasteiger partial charge in [-0.3, -0.25) is 9.00 Å². The molecule has 1 aromatic carbocycles. The van der Waals surface area contributed by atoms with E-state index in [4.69, 9.17) is 0 Å². The van der Waals surface area contributed by atoms with Gasteiger partial charge < -0.3 is 4.98 Å². The molecule has 0 saturated heterocycles. The topological polar surface area (TPSA) is 62.8 Å². The van der Waals surface area contributed by atoms with Crippen molar-refractivity contribution in [3.63, 3.8) is 0 Å². The number of rotatable bonds is 4. The lowest BCUT2D eigenvalue weighted by atomic mass is 10.2. The summed E-state index contributed by atoms with van der Waals surface area (Å²) < 4.78 is 11.7. The van der Waals surface area contributed by atoms with Gasteiger partial charge in [0.2, 0.25) is 0 Å². The van der Waals surface area contributed by atoms with Crippen LogP contribution in [0.2, 0.25) is 0 Å². The molecule has 5 heteroatoms. The van der Waals surface area contributed by atoms with E-state index in [0.717, 1.165) is 0 Å². The lowest BCUT2D eigenvalue weighted by molar-refractivity contribution is 0.102. The standard InChI is InChI=1S/C11H10N2O2S/c14-10(9-4-2-1-3-5-9)8-16(15)11-12-6-7-13-11/h1-7H,8H2,(H,12,13). The molecular formula is C11H10N2O2S. The van der Waals surface area contributed by atoms with Gasteiger partial charge in [0.05, 0.1) is 16.6 Å². The predicted molar refractivity (Wildman–Crippen MR) is 60.6 cm³/mol. The molecule has 0 fully saturated rings. The number of hydrogen-bond donors (Lipinski definition) is 1. The first-order chi connectivity index (χ1) is 7.77. The van der Waals surface area contributed by atoms with E-state index in [-0.39, 0.29) is 11.5 Å². The van der Waals surface area contributed by atoms with Gasteiger partial charge in [-0.2, -0.15) is 0 Å². The van der Waals surface area contributed by atoms with Crippen LogP contribution in [0.4, 0.5) is 0 Å². The molecule has 1 atom stereocenters. The summed E-state index contributed by atoms with van der Waals surface area (Å²) in [6, 6.07) is 8.82. The fourth-order valence-corrected chi connectivity index (χ4v) is 2.19. The Morgan fingerprint density at radius 2 is 2.06 bits per heavy atom. The van der Waals surface area contributed by atoms with Gasteiger partial charge in [-0.1, -0.05) is 30.3 Å². The fraction of sp³-hybridized carbons (Fsp3) is 0.0909. The highest BCUT2D eigenvalue weighted by molar-refractivity contribution is 7.85. The molecule has 16 heavy (non-hydrogen) atoms. The van der Waals surface area contributed by atoms with Crippen molar-refractivity contribution >= 4 is 16.6 Å². The minimum atomic E-state index is -1.40. The number of carbonyl (C=O) groups is 1. The van der Waals surface area contributed by atoms with E-state index in [1.54, 1.807) is 30.5 Å². The molecular weight excluding hydrogens is 224 g/mol. The van der Waals surface area contributed by atoms with Gasteiger partial charge in [0, 0.05) is 18.0 Å². The van der Waals surface area contributed by atoms with Gasteiger partial charge in [-0.25, -0.2) is 4.98 Å². The first-order valence-corrected chi connectivity index (χ1v) is 6.05. The average Bonchev–Trinajstić information content (AvgIpc) is 2.83. The number of nitrogens with zero attached hydrogens (tertiary/aromatic N) is 1. The highest BCUT2D eigenvalue weighted by Gasteiger charge is 2.13. The minimum Gasteiger partial charge on any atom is -0.338 e. The van der Waals surface area contributed by atoms with Gasteiger partial charge in [0.25, 0.3) is 0 Å². The molecule has 0 amide bonds. The Bertz CT molecular complexity index is 494. The normalized spacial score (nSPS) is 12.2. The number of hydrogen-bond acceptors (Lipinski definition) is 3. The van der Waals surface area contributed by atoms with E-state index in [9.17, 15) is 9.00 Å². The minimum absolute atomic E-state index is 0.0441. The summed E-state index contributed by atoms with van der Waals surface area (Å²) in [6.45, 7) is 0. The Balaban J connectivity index is 2.06. The van der Waals surface area contributed by atoms with Crippen molar-refractivity contribution in [2.75, 3.05) is 5.75 Å². The Kier molecular flexibility index (Phi) is 3.26. The van der Waals surface area contributed by atoms with E-state index in [1.807, 2.05) is 6.07 Å². The largest absolute Gasteiger partial charge is 0.338 e. The van der Waals surface area contributed by atoms with Crippen LogP contribution in [0.15, 0.2) is 47.9 Å². The molecule has 1 unspecified atom stereocenters. The Hall–Kier alpha value is -1.75. The van der Waals surface area contributed by atoms with Crippen LogP contribution in [0.3, 0.4) is 0 Å². The molecule has 1 heterocycles. The SMILES string of the molecule is O=C(CS(=O)c1ncc[nH]1)c1ccccc1. The molecule has 0 aliphatic carbocycles. The Morgan fingerprint density at radius 1 is 1.31 bits per heavy atom. The van der Waals surface area contributed by atoms with Crippen LogP contribution in [0, 0.1) is 0 Å². The second-order valence-corrected chi connectivity index (χ2v) is 4.54. The van der Waals surface area contributed by atoms with E-state index in [0.29, 0.717) is 10.7 Å². The summed E-state index contributed by atoms with van der Waals surface area (Å²) in [5.74, 6) is -0.187. The number of Topliss-reactive ketones (excluding diaryl/α,β-unsaturated/α-hetero) is 1. The van der Waals surface area contributed by atoms with E-state index in [1.165, 1.54) is 6.20 Å². The number of aromatic amines is 1. The molecule has 1 N–H and O–H groups in total. The van der Waals surface area contributed by atoms with Crippen LogP contribution >= 0.6 is 0 Å². The highest BCUT2D eigenvalue weighted by Crippen LogP contribution is 2.04. The molecule has 0 radical (unpaired) electrons. The zero-order valence-corrected chi connectivity index (χ0v) is 9.24. The van der Waals surface area contributed by atoms with Crippen molar-refractivity contribution in [1.29, 1.82) is 0 Å². The molecule has 1 aromatic heterocycles. The molecule has 82 valence electrons. The molecule has 0 saturated carbocycles. The predicted octanol–water partition coefficient (Wildman–Crippen LogP) is 1.40. The van der Waals surface area contributed by atoms with Crippen molar-refractivity contribution in [3.05, 3.63) is 48.3 Å². The number of carbonyl (C=O) groups excluding carboxylic acids is 1. The first kappa shape index (κ1) is 10.8. The zero-order chi connectivity index (χ0) is 11.4.